The van der Waals surface area contributed by atoms with Gasteiger partial charge in [0.1, 0.15) is 0 Å². The molecule has 0 bridgehead atoms. The number of aromatic nitrogens is 1. The van der Waals surface area contributed by atoms with Gasteiger partial charge >= 0.3 is 0 Å². The summed E-state index contributed by atoms with van der Waals surface area (Å²) in [7, 11) is 0. The molecule has 0 radical (unpaired) electrons. The highest BCUT2D eigenvalue weighted by molar-refractivity contribution is 7.13. The molecule has 0 saturated heterocycles. The molecule has 1 saturated carbocycles. The van der Waals surface area contributed by atoms with Crippen molar-refractivity contribution in [2.45, 2.75) is 51.0 Å². The van der Waals surface area contributed by atoms with Crippen molar-refractivity contribution >= 4 is 34.8 Å². The predicted molar refractivity (Wildman–Crippen MR) is 77.5 cm³/mol. The fourth-order valence-corrected chi connectivity index (χ4v) is 2.93. The van der Waals surface area contributed by atoms with Crippen LogP contribution >= 0.6 is 23.7 Å². The van der Waals surface area contributed by atoms with Crippen LogP contribution in [0.25, 0.3) is 0 Å². The highest BCUT2D eigenvalue weighted by Gasteiger charge is 2.37. The fourth-order valence-electron chi connectivity index (χ4n) is 2.06. The van der Waals surface area contributed by atoms with Gasteiger partial charge in [-0.15, -0.1) is 23.7 Å². The van der Waals surface area contributed by atoms with E-state index in [1.54, 1.807) is 0 Å². The summed E-state index contributed by atoms with van der Waals surface area (Å²) in [4.78, 5) is 16.4. The van der Waals surface area contributed by atoms with E-state index in [0.717, 1.165) is 31.4 Å². The van der Waals surface area contributed by atoms with Crippen molar-refractivity contribution in [2.75, 3.05) is 5.32 Å². The van der Waals surface area contributed by atoms with Gasteiger partial charge in [-0.25, -0.2) is 4.98 Å². The number of carbonyl (C=O) groups is 1. The number of thiazole rings is 1. The lowest BCUT2D eigenvalue weighted by Gasteiger charge is -2.21. The number of carbonyl (C=O) groups excluding carboxylic acids is 1. The molecule has 18 heavy (non-hydrogen) atoms. The third-order valence-corrected chi connectivity index (χ3v) is 4.06. The first-order valence-corrected chi connectivity index (χ1v) is 6.95. The normalized spacial score (nSPS) is 17.6. The van der Waals surface area contributed by atoms with E-state index in [2.05, 4.69) is 24.1 Å². The first-order chi connectivity index (χ1) is 8.01. The topological polar surface area (TPSA) is 68.0 Å². The largest absolute Gasteiger partial charge is 0.317 e. The molecule has 1 aliphatic carbocycles. The van der Waals surface area contributed by atoms with E-state index in [9.17, 15) is 4.79 Å². The van der Waals surface area contributed by atoms with Crippen molar-refractivity contribution < 1.29 is 4.79 Å². The van der Waals surface area contributed by atoms with Crippen molar-refractivity contribution in [3.8, 4) is 0 Å². The van der Waals surface area contributed by atoms with Gasteiger partial charge in [0, 0.05) is 5.38 Å². The highest BCUT2D eigenvalue weighted by Crippen LogP contribution is 2.29. The summed E-state index contributed by atoms with van der Waals surface area (Å²) in [6.07, 6.45) is 3.64. The van der Waals surface area contributed by atoms with E-state index in [4.69, 9.17) is 5.73 Å². The number of nitrogens with two attached hydrogens (primary N) is 1. The van der Waals surface area contributed by atoms with Crippen LogP contribution in [0.5, 0.6) is 0 Å². The van der Waals surface area contributed by atoms with E-state index in [-0.39, 0.29) is 18.3 Å². The van der Waals surface area contributed by atoms with Crippen LogP contribution in [0.4, 0.5) is 5.13 Å². The number of halogens is 1. The monoisotopic (exact) mass is 289 g/mol. The van der Waals surface area contributed by atoms with Crippen molar-refractivity contribution in [2.24, 2.45) is 5.73 Å². The quantitative estimate of drug-likeness (QED) is 0.899. The van der Waals surface area contributed by atoms with Crippen molar-refractivity contribution in [1.82, 2.24) is 4.98 Å². The van der Waals surface area contributed by atoms with E-state index >= 15 is 0 Å². The zero-order chi connectivity index (χ0) is 12.5. The van der Waals surface area contributed by atoms with E-state index in [1.807, 2.05) is 5.38 Å². The Bertz CT molecular complexity index is 413. The maximum absolute atomic E-state index is 12.0. The van der Waals surface area contributed by atoms with Gasteiger partial charge in [-0.05, 0) is 18.8 Å². The fraction of sp³-hybridized carbons (Fsp3) is 0.667. The summed E-state index contributed by atoms with van der Waals surface area (Å²) in [5, 5.41) is 5.49. The Hall–Kier alpha value is -0.650. The summed E-state index contributed by atoms with van der Waals surface area (Å²) in [5.74, 6) is 0.301. The molecule has 0 atom stereocenters. The molecular weight excluding hydrogens is 270 g/mol. The van der Waals surface area contributed by atoms with Crippen LogP contribution in [-0.2, 0) is 4.79 Å². The first-order valence-electron chi connectivity index (χ1n) is 6.07. The summed E-state index contributed by atoms with van der Waals surface area (Å²) in [5.41, 5.74) is 6.42. The molecule has 0 aromatic carbocycles. The predicted octanol–water partition coefficient (Wildman–Crippen LogP) is 2.90. The van der Waals surface area contributed by atoms with Crippen molar-refractivity contribution in [1.29, 1.82) is 0 Å². The Balaban J connectivity index is 0.00000162. The maximum Gasteiger partial charge on any atom is 0.246 e. The van der Waals surface area contributed by atoms with Crippen molar-refractivity contribution in [3.05, 3.63) is 11.1 Å². The van der Waals surface area contributed by atoms with E-state index in [1.165, 1.54) is 11.3 Å². The molecule has 6 heteroatoms. The molecule has 2 rings (SSSR count). The number of rotatable bonds is 3. The minimum absolute atomic E-state index is 0. The van der Waals surface area contributed by atoms with Crippen LogP contribution in [0.1, 0.15) is 51.1 Å². The lowest BCUT2D eigenvalue weighted by atomic mass is 9.98. The second-order valence-corrected chi connectivity index (χ2v) is 5.91. The summed E-state index contributed by atoms with van der Waals surface area (Å²) >= 11 is 1.47. The standard InChI is InChI=1S/C12H19N3OS.ClH/c1-8(2)9-7-17-11(14-9)15-10(16)12(13)5-3-4-6-12;/h7-8H,3-6,13H2,1-2H3,(H,14,15,16);1H. The van der Waals surface area contributed by atoms with Gasteiger partial charge in [0.2, 0.25) is 5.91 Å². The molecule has 1 fully saturated rings. The molecule has 102 valence electrons. The molecule has 0 spiro atoms. The molecule has 1 aromatic heterocycles. The van der Waals surface area contributed by atoms with E-state index in [0.29, 0.717) is 11.0 Å². The number of nitrogens with zero attached hydrogens (tertiary/aromatic N) is 1. The van der Waals surface area contributed by atoms with Gasteiger partial charge in [0.25, 0.3) is 0 Å². The van der Waals surface area contributed by atoms with Crippen LogP contribution in [-0.4, -0.2) is 16.4 Å². The van der Waals surface area contributed by atoms with Gasteiger partial charge in [-0.1, -0.05) is 26.7 Å². The number of hydrogen-bond donors (Lipinski definition) is 2. The molecule has 1 heterocycles. The Morgan fingerprint density at radius 3 is 2.61 bits per heavy atom. The zero-order valence-corrected chi connectivity index (χ0v) is 12.4. The maximum atomic E-state index is 12.0. The summed E-state index contributed by atoms with van der Waals surface area (Å²) in [6, 6.07) is 0. The number of amides is 1. The zero-order valence-electron chi connectivity index (χ0n) is 10.7. The van der Waals surface area contributed by atoms with Gasteiger partial charge < -0.3 is 11.1 Å². The van der Waals surface area contributed by atoms with Crippen LogP contribution in [0.3, 0.4) is 0 Å². The molecule has 4 nitrogen and oxygen atoms in total. The SMILES string of the molecule is CC(C)c1csc(NC(=O)C2(N)CCCC2)n1.Cl. The molecule has 0 unspecified atom stereocenters. The minimum atomic E-state index is -0.677. The second kappa shape index (κ2) is 5.99. The molecule has 1 amide bonds. The first kappa shape index (κ1) is 15.4. The number of anilines is 1. The number of nitrogens with one attached hydrogen (secondary N) is 1. The molecule has 1 aromatic rings. The summed E-state index contributed by atoms with van der Waals surface area (Å²) in [6.45, 7) is 4.17. The lowest BCUT2D eigenvalue weighted by Crippen LogP contribution is -2.48. The van der Waals surface area contributed by atoms with Crippen LogP contribution in [0, 0.1) is 0 Å². The Kier molecular flexibility index (Phi) is 5.13. The lowest BCUT2D eigenvalue weighted by molar-refractivity contribution is -0.121. The van der Waals surface area contributed by atoms with Gasteiger partial charge in [-0.2, -0.15) is 0 Å². The molecule has 1 aliphatic rings. The van der Waals surface area contributed by atoms with Gasteiger partial charge in [0.05, 0.1) is 11.2 Å². The minimum Gasteiger partial charge on any atom is -0.317 e. The van der Waals surface area contributed by atoms with Gasteiger partial charge in [-0.3, -0.25) is 4.79 Å². The highest BCUT2D eigenvalue weighted by atomic mass is 35.5. The Labute approximate surface area is 118 Å². The third-order valence-electron chi connectivity index (χ3n) is 3.28. The Morgan fingerprint density at radius 1 is 1.50 bits per heavy atom. The Morgan fingerprint density at radius 2 is 2.11 bits per heavy atom. The molecular formula is C12H20ClN3OS. The van der Waals surface area contributed by atoms with Crippen molar-refractivity contribution in [3.63, 3.8) is 0 Å². The average molecular weight is 290 g/mol. The van der Waals surface area contributed by atoms with Crippen LogP contribution < -0.4 is 11.1 Å². The van der Waals surface area contributed by atoms with Gasteiger partial charge in [0.15, 0.2) is 5.13 Å². The third kappa shape index (κ3) is 3.22. The summed E-state index contributed by atoms with van der Waals surface area (Å²) < 4.78 is 0. The van der Waals surface area contributed by atoms with Crippen LogP contribution in [0.2, 0.25) is 0 Å². The molecule has 0 aliphatic heterocycles. The van der Waals surface area contributed by atoms with Crippen LogP contribution in [0.15, 0.2) is 5.38 Å². The van der Waals surface area contributed by atoms with E-state index < -0.39 is 5.54 Å². The average Bonchev–Trinajstić information content (AvgIpc) is 2.88. The number of hydrogen-bond acceptors (Lipinski definition) is 4. The smallest absolute Gasteiger partial charge is 0.246 e. The molecule has 3 N–H and O–H groups in total. The second-order valence-electron chi connectivity index (χ2n) is 5.05.